The number of benzene rings is 1. The normalized spacial score (nSPS) is 12.2. The summed E-state index contributed by atoms with van der Waals surface area (Å²) in [4.78, 5) is 11.8. The molecule has 0 unspecified atom stereocenters. The zero-order valence-electron chi connectivity index (χ0n) is 11.4. The number of amides is 1. The summed E-state index contributed by atoms with van der Waals surface area (Å²) in [6, 6.07) is 6.76. The monoisotopic (exact) mass is 327 g/mol. The molecule has 0 spiro atoms. The van der Waals surface area contributed by atoms with Gasteiger partial charge in [0.15, 0.2) is 0 Å². The molecule has 0 radical (unpaired) electrons. The Balaban J connectivity index is 1.91. The molecular formula is C14H15Cl2N3O2. The molecule has 1 heterocycles. The highest BCUT2D eigenvalue weighted by Crippen LogP contribution is 2.29. The van der Waals surface area contributed by atoms with Crippen molar-refractivity contribution in [2.45, 2.75) is 19.4 Å². The largest absolute Gasteiger partial charge is 0.386 e. The molecule has 5 nitrogen and oxygen atoms in total. The Hall–Kier alpha value is -1.56. The third kappa shape index (κ3) is 4.20. The summed E-state index contributed by atoms with van der Waals surface area (Å²) in [6.45, 7) is 1.89. The van der Waals surface area contributed by atoms with Crippen molar-refractivity contribution in [1.29, 1.82) is 0 Å². The van der Waals surface area contributed by atoms with Crippen LogP contribution in [0.3, 0.4) is 0 Å². The highest BCUT2D eigenvalue weighted by molar-refractivity contribution is 6.36. The zero-order valence-corrected chi connectivity index (χ0v) is 12.9. The van der Waals surface area contributed by atoms with Gasteiger partial charge in [0.25, 0.3) is 0 Å². The first kappa shape index (κ1) is 15.8. The Morgan fingerprint density at radius 2 is 2.10 bits per heavy atom. The first-order valence-corrected chi connectivity index (χ1v) is 7.12. The fraction of sp³-hybridized carbons (Fsp3) is 0.286. The number of aromatic nitrogens is 2. The Bertz CT molecular complexity index is 623. The molecule has 0 aliphatic rings. The fourth-order valence-electron chi connectivity index (χ4n) is 1.93. The second-order valence-corrected chi connectivity index (χ2v) is 5.49. The average molecular weight is 328 g/mol. The molecule has 0 aliphatic heterocycles. The molecule has 1 atom stereocenters. The minimum Gasteiger partial charge on any atom is -0.386 e. The van der Waals surface area contributed by atoms with Gasteiger partial charge in [0, 0.05) is 27.8 Å². The van der Waals surface area contributed by atoms with Crippen LogP contribution in [0, 0.1) is 6.92 Å². The summed E-state index contributed by atoms with van der Waals surface area (Å²) in [7, 11) is 0. The van der Waals surface area contributed by atoms with Crippen LogP contribution in [0.4, 0.5) is 0 Å². The minimum atomic E-state index is -0.962. The highest BCUT2D eigenvalue weighted by Gasteiger charge is 2.16. The van der Waals surface area contributed by atoms with E-state index in [1.807, 2.05) is 6.92 Å². The molecule has 112 valence electrons. The first-order chi connectivity index (χ1) is 9.97. The van der Waals surface area contributed by atoms with Gasteiger partial charge in [0.05, 0.1) is 18.2 Å². The Labute approximate surface area is 132 Å². The molecule has 0 saturated carbocycles. The molecule has 2 rings (SSSR count). The van der Waals surface area contributed by atoms with Crippen LogP contribution in [0.15, 0.2) is 24.3 Å². The number of hydrogen-bond donors (Lipinski definition) is 3. The van der Waals surface area contributed by atoms with Crippen molar-refractivity contribution >= 4 is 29.1 Å². The molecule has 0 saturated heterocycles. The Morgan fingerprint density at radius 3 is 2.67 bits per heavy atom. The lowest BCUT2D eigenvalue weighted by Gasteiger charge is -2.15. The van der Waals surface area contributed by atoms with E-state index in [2.05, 4.69) is 15.5 Å². The lowest BCUT2D eigenvalue weighted by atomic mass is 10.1. The van der Waals surface area contributed by atoms with Crippen molar-refractivity contribution in [2.75, 3.05) is 6.54 Å². The summed E-state index contributed by atoms with van der Waals surface area (Å²) >= 11 is 12.0. The molecule has 0 aliphatic carbocycles. The summed E-state index contributed by atoms with van der Waals surface area (Å²) in [5.74, 6) is -0.233. The van der Waals surface area contributed by atoms with Gasteiger partial charge in [-0.05, 0) is 25.1 Å². The minimum absolute atomic E-state index is 0.0334. The quantitative estimate of drug-likeness (QED) is 0.789. The number of carbonyl (C=O) groups excluding carboxylic acids is 1. The average Bonchev–Trinajstić information content (AvgIpc) is 2.81. The summed E-state index contributed by atoms with van der Waals surface area (Å²) in [5.41, 5.74) is 1.95. The smallest absolute Gasteiger partial charge is 0.226 e. The maximum absolute atomic E-state index is 11.8. The molecule has 21 heavy (non-hydrogen) atoms. The number of aliphatic hydroxyl groups is 1. The molecule has 1 amide bonds. The van der Waals surface area contributed by atoms with Gasteiger partial charge in [-0.1, -0.05) is 29.3 Å². The number of halogens is 2. The van der Waals surface area contributed by atoms with Crippen LogP contribution in [-0.4, -0.2) is 27.8 Å². The van der Waals surface area contributed by atoms with Crippen LogP contribution in [0.1, 0.15) is 23.1 Å². The van der Waals surface area contributed by atoms with Crippen molar-refractivity contribution in [3.63, 3.8) is 0 Å². The van der Waals surface area contributed by atoms with Crippen LogP contribution in [0.25, 0.3) is 0 Å². The van der Waals surface area contributed by atoms with Crippen LogP contribution < -0.4 is 5.32 Å². The second kappa shape index (κ2) is 6.93. The van der Waals surface area contributed by atoms with E-state index in [-0.39, 0.29) is 18.9 Å². The van der Waals surface area contributed by atoms with E-state index in [1.54, 1.807) is 24.3 Å². The molecule has 1 aromatic carbocycles. The standard InChI is InChI=1S/C14H15Cl2N3O2/c1-8-5-9(19-18-8)6-13(21)17-7-12(20)14-10(15)3-2-4-11(14)16/h2-5,12,20H,6-7H2,1H3,(H,17,21)(H,18,19)/t12-/m0/s1. The third-order valence-electron chi connectivity index (χ3n) is 2.93. The van der Waals surface area contributed by atoms with Crippen molar-refractivity contribution in [1.82, 2.24) is 15.5 Å². The summed E-state index contributed by atoms with van der Waals surface area (Å²) in [6.07, 6.45) is -0.816. The predicted octanol–water partition coefficient (Wildman–Crippen LogP) is 2.42. The Morgan fingerprint density at radius 1 is 1.43 bits per heavy atom. The molecule has 3 N–H and O–H groups in total. The number of hydrogen-bond acceptors (Lipinski definition) is 3. The van der Waals surface area contributed by atoms with Crippen molar-refractivity contribution in [2.24, 2.45) is 0 Å². The van der Waals surface area contributed by atoms with Gasteiger partial charge in [-0.15, -0.1) is 0 Å². The van der Waals surface area contributed by atoms with Crippen LogP contribution >= 0.6 is 23.2 Å². The number of H-pyrrole nitrogens is 1. The van der Waals surface area contributed by atoms with Crippen LogP contribution in [0.2, 0.25) is 10.0 Å². The molecule has 0 bridgehead atoms. The topological polar surface area (TPSA) is 78.0 Å². The highest BCUT2D eigenvalue weighted by atomic mass is 35.5. The van der Waals surface area contributed by atoms with E-state index in [1.165, 1.54) is 0 Å². The molecular weight excluding hydrogens is 313 g/mol. The molecule has 7 heteroatoms. The van der Waals surface area contributed by atoms with Gasteiger partial charge in [-0.3, -0.25) is 9.89 Å². The second-order valence-electron chi connectivity index (χ2n) is 4.67. The summed E-state index contributed by atoms with van der Waals surface area (Å²) < 4.78 is 0. The predicted molar refractivity (Wildman–Crippen MR) is 81.5 cm³/mol. The van der Waals surface area contributed by atoms with E-state index >= 15 is 0 Å². The maximum Gasteiger partial charge on any atom is 0.226 e. The Kier molecular flexibility index (Phi) is 5.22. The van der Waals surface area contributed by atoms with E-state index in [0.29, 0.717) is 21.3 Å². The van der Waals surface area contributed by atoms with Crippen molar-refractivity contribution < 1.29 is 9.90 Å². The lowest BCUT2D eigenvalue weighted by molar-refractivity contribution is -0.120. The first-order valence-electron chi connectivity index (χ1n) is 6.37. The number of aryl methyl sites for hydroxylation is 1. The lowest BCUT2D eigenvalue weighted by Crippen LogP contribution is -2.30. The molecule has 0 fully saturated rings. The van der Waals surface area contributed by atoms with E-state index in [9.17, 15) is 9.90 Å². The molecule has 1 aromatic heterocycles. The van der Waals surface area contributed by atoms with Gasteiger partial charge in [-0.25, -0.2) is 0 Å². The summed E-state index contributed by atoms with van der Waals surface area (Å²) in [5, 5.41) is 20.2. The maximum atomic E-state index is 11.8. The van der Waals surface area contributed by atoms with Gasteiger partial charge in [0.2, 0.25) is 5.91 Å². The van der Waals surface area contributed by atoms with Crippen molar-refractivity contribution in [3.8, 4) is 0 Å². The molecule has 2 aromatic rings. The number of nitrogens with zero attached hydrogens (tertiary/aromatic N) is 1. The van der Waals surface area contributed by atoms with E-state index in [4.69, 9.17) is 23.2 Å². The zero-order chi connectivity index (χ0) is 15.4. The van der Waals surface area contributed by atoms with E-state index < -0.39 is 6.10 Å². The van der Waals surface area contributed by atoms with Crippen LogP contribution in [0.5, 0.6) is 0 Å². The van der Waals surface area contributed by atoms with Gasteiger partial charge in [0.1, 0.15) is 0 Å². The third-order valence-corrected chi connectivity index (χ3v) is 3.59. The van der Waals surface area contributed by atoms with Gasteiger partial charge in [-0.2, -0.15) is 5.10 Å². The van der Waals surface area contributed by atoms with E-state index in [0.717, 1.165) is 5.69 Å². The number of carbonyl (C=O) groups is 1. The van der Waals surface area contributed by atoms with Crippen molar-refractivity contribution in [3.05, 3.63) is 51.3 Å². The number of nitrogens with one attached hydrogen (secondary N) is 2. The fourth-order valence-corrected chi connectivity index (χ4v) is 2.58. The van der Waals surface area contributed by atoms with Gasteiger partial charge >= 0.3 is 0 Å². The van der Waals surface area contributed by atoms with Gasteiger partial charge < -0.3 is 10.4 Å². The number of aromatic amines is 1. The number of rotatable bonds is 5. The number of aliphatic hydroxyl groups excluding tert-OH is 1. The SMILES string of the molecule is Cc1cc(CC(=O)NC[C@H](O)c2c(Cl)cccc2Cl)n[nH]1. The van der Waals surface area contributed by atoms with Crippen LogP contribution in [-0.2, 0) is 11.2 Å².